The number of nitrogens with one attached hydrogen (secondary N) is 1. The first-order valence-electron chi connectivity index (χ1n) is 6.01. The standard InChI is InChI=1S/C11H18N4O4/c1-2-3-6-18-7-8-19-11-9(15(16)17)4-5-10(13-11)14-12/h4-5H,2-3,6-8,12H2,1H3,(H,13,14). The van der Waals surface area contributed by atoms with Crippen LogP contribution in [0.15, 0.2) is 12.1 Å². The van der Waals surface area contributed by atoms with Crippen molar-refractivity contribution >= 4 is 11.5 Å². The lowest BCUT2D eigenvalue weighted by molar-refractivity contribution is -0.386. The summed E-state index contributed by atoms with van der Waals surface area (Å²) in [6, 6.07) is 2.69. The summed E-state index contributed by atoms with van der Waals surface area (Å²) in [4.78, 5) is 14.1. The van der Waals surface area contributed by atoms with Crippen LogP contribution >= 0.6 is 0 Å². The second-order valence-electron chi connectivity index (χ2n) is 3.74. The molecule has 3 N–H and O–H groups in total. The molecule has 0 fully saturated rings. The minimum Gasteiger partial charge on any atom is -0.470 e. The van der Waals surface area contributed by atoms with Gasteiger partial charge in [-0.15, -0.1) is 0 Å². The number of hydrogen-bond donors (Lipinski definition) is 2. The highest BCUT2D eigenvalue weighted by Gasteiger charge is 2.17. The van der Waals surface area contributed by atoms with E-state index in [-0.39, 0.29) is 18.2 Å². The third-order valence-electron chi connectivity index (χ3n) is 2.29. The molecule has 8 heteroatoms. The van der Waals surface area contributed by atoms with E-state index >= 15 is 0 Å². The first kappa shape index (κ1) is 15.1. The number of pyridine rings is 1. The van der Waals surface area contributed by atoms with Crippen molar-refractivity contribution in [1.29, 1.82) is 0 Å². The van der Waals surface area contributed by atoms with Gasteiger partial charge in [-0.1, -0.05) is 13.3 Å². The number of hydrogen-bond acceptors (Lipinski definition) is 7. The van der Waals surface area contributed by atoms with Gasteiger partial charge in [-0.2, -0.15) is 4.98 Å². The van der Waals surface area contributed by atoms with Crippen molar-refractivity contribution in [1.82, 2.24) is 4.98 Å². The number of nitrogens with zero attached hydrogens (tertiary/aromatic N) is 2. The second kappa shape index (κ2) is 8.22. The fraction of sp³-hybridized carbons (Fsp3) is 0.545. The number of ether oxygens (including phenoxy) is 2. The third-order valence-corrected chi connectivity index (χ3v) is 2.29. The zero-order valence-electron chi connectivity index (χ0n) is 10.8. The minimum absolute atomic E-state index is 0.0699. The SMILES string of the molecule is CCCCOCCOc1nc(NN)ccc1[N+](=O)[O-]. The molecule has 0 aliphatic carbocycles. The fourth-order valence-corrected chi connectivity index (χ4v) is 1.30. The molecular weight excluding hydrogens is 252 g/mol. The number of nitro groups is 1. The Labute approximate surface area is 111 Å². The van der Waals surface area contributed by atoms with Gasteiger partial charge in [-0.05, 0) is 12.5 Å². The molecular formula is C11H18N4O4. The summed E-state index contributed by atoms with van der Waals surface area (Å²) < 4.78 is 10.5. The first-order chi connectivity index (χ1) is 9.19. The maximum Gasteiger partial charge on any atom is 0.331 e. The van der Waals surface area contributed by atoms with Crippen LogP contribution < -0.4 is 16.0 Å². The Balaban J connectivity index is 2.52. The van der Waals surface area contributed by atoms with E-state index in [0.717, 1.165) is 12.8 Å². The molecule has 0 aromatic carbocycles. The van der Waals surface area contributed by atoms with Gasteiger partial charge in [0.1, 0.15) is 12.4 Å². The Morgan fingerprint density at radius 1 is 1.42 bits per heavy atom. The molecule has 1 aromatic heterocycles. The van der Waals surface area contributed by atoms with Crippen LogP contribution in [0.4, 0.5) is 11.5 Å². The van der Waals surface area contributed by atoms with E-state index in [1.165, 1.54) is 12.1 Å². The lowest BCUT2D eigenvalue weighted by Crippen LogP contribution is -2.12. The number of nitrogen functional groups attached to an aromatic ring is 1. The molecule has 19 heavy (non-hydrogen) atoms. The highest BCUT2D eigenvalue weighted by Crippen LogP contribution is 2.25. The van der Waals surface area contributed by atoms with E-state index in [0.29, 0.717) is 19.0 Å². The first-order valence-corrected chi connectivity index (χ1v) is 6.01. The summed E-state index contributed by atoms with van der Waals surface area (Å²) in [7, 11) is 0. The molecule has 0 atom stereocenters. The summed E-state index contributed by atoms with van der Waals surface area (Å²) in [5.41, 5.74) is 2.11. The van der Waals surface area contributed by atoms with Crippen LogP contribution in [0.3, 0.4) is 0 Å². The number of rotatable bonds is 9. The Morgan fingerprint density at radius 3 is 2.84 bits per heavy atom. The van der Waals surface area contributed by atoms with Gasteiger partial charge in [-0.25, -0.2) is 5.84 Å². The van der Waals surface area contributed by atoms with Gasteiger partial charge in [-0.3, -0.25) is 10.1 Å². The number of hydrazine groups is 1. The average molecular weight is 270 g/mol. The molecule has 1 heterocycles. The van der Waals surface area contributed by atoms with Crippen molar-refractivity contribution in [2.24, 2.45) is 5.84 Å². The van der Waals surface area contributed by atoms with Crippen LogP contribution in [0.5, 0.6) is 5.88 Å². The van der Waals surface area contributed by atoms with Gasteiger partial charge in [0.15, 0.2) is 0 Å². The summed E-state index contributed by atoms with van der Waals surface area (Å²) in [5.74, 6) is 5.42. The Morgan fingerprint density at radius 2 is 2.21 bits per heavy atom. The molecule has 106 valence electrons. The van der Waals surface area contributed by atoms with Gasteiger partial charge in [0, 0.05) is 12.7 Å². The molecule has 1 rings (SSSR count). The second-order valence-corrected chi connectivity index (χ2v) is 3.74. The van der Waals surface area contributed by atoms with Crippen molar-refractivity contribution in [2.75, 3.05) is 25.2 Å². The molecule has 1 aromatic rings. The average Bonchev–Trinajstić information content (AvgIpc) is 2.42. The molecule has 0 unspecified atom stereocenters. The van der Waals surface area contributed by atoms with E-state index in [2.05, 4.69) is 17.3 Å². The topological polar surface area (TPSA) is 113 Å². The molecule has 0 saturated heterocycles. The fourth-order valence-electron chi connectivity index (χ4n) is 1.30. The summed E-state index contributed by atoms with van der Waals surface area (Å²) in [6.07, 6.45) is 2.03. The zero-order valence-corrected chi connectivity index (χ0v) is 10.8. The van der Waals surface area contributed by atoms with E-state index in [1.54, 1.807) is 0 Å². The molecule has 0 bridgehead atoms. The summed E-state index contributed by atoms with van der Waals surface area (Å²) >= 11 is 0. The maximum absolute atomic E-state index is 10.8. The predicted octanol–water partition coefficient (Wildman–Crippen LogP) is 1.47. The number of anilines is 1. The van der Waals surface area contributed by atoms with Crippen LogP contribution in [0.1, 0.15) is 19.8 Å². The number of unbranched alkanes of at least 4 members (excludes halogenated alkanes) is 1. The number of nitrogens with two attached hydrogens (primary N) is 1. The van der Waals surface area contributed by atoms with Crippen LogP contribution in [-0.2, 0) is 4.74 Å². The lowest BCUT2D eigenvalue weighted by Gasteiger charge is -2.07. The van der Waals surface area contributed by atoms with E-state index in [9.17, 15) is 10.1 Å². The largest absolute Gasteiger partial charge is 0.470 e. The van der Waals surface area contributed by atoms with Crippen LogP contribution in [0.25, 0.3) is 0 Å². The van der Waals surface area contributed by atoms with Crippen LogP contribution in [-0.4, -0.2) is 29.7 Å². The van der Waals surface area contributed by atoms with Crippen molar-refractivity contribution < 1.29 is 14.4 Å². The maximum atomic E-state index is 10.8. The monoisotopic (exact) mass is 270 g/mol. The van der Waals surface area contributed by atoms with Crippen molar-refractivity contribution in [3.8, 4) is 5.88 Å². The molecule has 0 radical (unpaired) electrons. The molecule has 0 spiro atoms. The van der Waals surface area contributed by atoms with Gasteiger partial charge in [0.2, 0.25) is 0 Å². The molecule has 0 amide bonds. The van der Waals surface area contributed by atoms with E-state index in [4.69, 9.17) is 15.3 Å². The Hall–Kier alpha value is -1.93. The Kier molecular flexibility index (Phi) is 6.55. The highest BCUT2D eigenvalue weighted by atomic mass is 16.6. The van der Waals surface area contributed by atoms with Gasteiger partial charge < -0.3 is 14.9 Å². The van der Waals surface area contributed by atoms with Crippen LogP contribution in [0.2, 0.25) is 0 Å². The highest BCUT2D eigenvalue weighted by molar-refractivity contribution is 5.48. The third kappa shape index (κ3) is 5.06. The lowest BCUT2D eigenvalue weighted by atomic mass is 10.4. The normalized spacial score (nSPS) is 10.2. The molecule has 0 saturated carbocycles. The Bertz CT molecular complexity index is 414. The molecule has 8 nitrogen and oxygen atoms in total. The van der Waals surface area contributed by atoms with Gasteiger partial charge in [0.05, 0.1) is 11.5 Å². The quantitative estimate of drug-likeness (QED) is 0.302. The van der Waals surface area contributed by atoms with Gasteiger partial charge >= 0.3 is 5.69 Å². The van der Waals surface area contributed by atoms with E-state index < -0.39 is 4.92 Å². The number of aromatic nitrogens is 1. The molecule has 0 aliphatic rings. The summed E-state index contributed by atoms with van der Waals surface area (Å²) in [6.45, 7) is 3.28. The van der Waals surface area contributed by atoms with Crippen LogP contribution in [0, 0.1) is 10.1 Å². The minimum atomic E-state index is -0.555. The van der Waals surface area contributed by atoms with E-state index in [1.807, 2.05) is 0 Å². The van der Waals surface area contributed by atoms with Crippen molar-refractivity contribution in [2.45, 2.75) is 19.8 Å². The van der Waals surface area contributed by atoms with Crippen molar-refractivity contribution in [3.63, 3.8) is 0 Å². The van der Waals surface area contributed by atoms with Gasteiger partial charge in [0.25, 0.3) is 5.88 Å². The molecule has 0 aliphatic heterocycles. The van der Waals surface area contributed by atoms with Crippen molar-refractivity contribution in [3.05, 3.63) is 22.2 Å². The summed E-state index contributed by atoms with van der Waals surface area (Å²) in [5, 5.41) is 10.8. The smallest absolute Gasteiger partial charge is 0.331 e. The predicted molar refractivity (Wildman–Crippen MR) is 69.9 cm³/mol. The zero-order chi connectivity index (χ0) is 14.1.